The Balaban J connectivity index is 2.07. The van der Waals surface area contributed by atoms with Crippen molar-refractivity contribution in [3.8, 4) is 17.6 Å². The van der Waals surface area contributed by atoms with Crippen LogP contribution in [0.15, 0.2) is 42.5 Å². The molecular formula is C16H12FNO3. The molecule has 0 unspecified atom stereocenters. The van der Waals surface area contributed by atoms with Gasteiger partial charge in [-0.3, -0.25) is 4.79 Å². The number of hydrogen-bond acceptors (Lipinski definition) is 4. The molecule has 106 valence electrons. The van der Waals surface area contributed by atoms with Crippen molar-refractivity contribution in [2.75, 3.05) is 13.7 Å². The lowest BCUT2D eigenvalue weighted by molar-refractivity contribution is 0.0919. The van der Waals surface area contributed by atoms with Crippen LogP contribution >= 0.6 is 0 Å². The van der Waals surface area contributed by atoms with Gasteiger partial charge in [0.05, 0.1) is 18.7 Å². The van der Waals surface area contributed by atoms with Gasteiger partial charge in [0.1, 0.15) is 5.82 Å². The molecule has 0 saturated carbocycles. The first-order valence-electron chi connectivity index (χ1n) is 6.13. The van der Waals surface area contributed by atoms with Crippen molar-refractivity contribution in [1.82, 2.24) is 0 Å². The van der Waals surface area contributed by atoms with Gasteiger partial charge in [-0.2, -0.15) is 5.26 Å². The zero-order valence-electron chi connectivity index (χ0n) is 11.3. The van der Waals surface area contributed by atoms with Gasteiger partial charge in [0, 0.05) is 11.6 Å². The highest BCUT2D eigenvalue weighted by Gasteiger charge is 2.10. The summed E-state index contributed by atoms with van der Waals surface area (Å²) < 4.78 is 23.3. The number of Topliss-reactive ketones (excluding diaryl/α,β-unsaturated/α-hetero) is 1. The van der Waals surface area contributed by atoms with Gasteiger partial charge >= 0.3 is 0 Å². The van der Waals surface area contributed by atoms with E-state index in [-0.39, 0.29) is 12.4 Å². The average Bonchev–Trinajstić information content (AvgIpc) is 2.53. The van der Waals surface area contributed by atoms with E-state index in [9.17, 15) is 9.18 Å². The smallest absolute Gasteiger partial charge is 0.200 e. The molecule has 21 heavy (non-hydrogen) atoms. The fourth-order valence-electron chi connectivity index (χ4n) is 1.72. The van der Waals surface area contributed by atoms with E-state index in [1.165, 1.54) is 37.4 Å². The van der Waals surface area contributed by atoms with Crippen LogP contribution in [0.4, 0.5) is 4.39 Å². The van der Waals surface area contributed by atoms with E-state index in [1.54, 1.807) is 12.1 Å². The average molecular weight is 285 g/mol. The highest BCUT2D eigenvalue weighted by atomic mass is 19.1. The molecule has 0 aliphatic carbocycles. The molecule has 0 aliphatic rings. The topological polar surface area (TPSA) is 59.3 Å². The van der Waals surface area contributed by atoms with Crippen molar-refractivity contribution in [1.29, 1.82) is 5.26 Å². The zero-order chi connectivity index (χ0) is 15.2. The molecule has 2 aromatic carbocycles. The number of nitrogens with zero attached hydrogens (tertiary/aromatic N) is 1. The van der Waals surface area contributed by atoms with Crippen molar-refractivity contribution >= 4 is 5.78 Å². The van der Waals surface area contributed by atoms with Gasteiger partial charge in [-0.05, 0) is 36.4 Å². The van der Waals surface area contributed by atoms with Crippen LogP contribution in [0.3, 0.4) is 0 Å². The highest BCUT2D eigenvalue weighted by Crippen LogP contribution is 2.27. The van der Waals surface area contributed by atoms with E-state index < -0.39 is 5.82 Å². The zero-order valence-corrected chi connectivity index (χ0v) is 11.3. The summed E-state index contributed by atoms with van der Waals surface area (Å²) in [4.78, 5) is 11.9. The van der Waals surface area contributed by atoms with E-state index >= 15 is 0 Å². The quantitative estimate of drug-likeness (QED) is 0.792. The lowest BCUT2D eigenvalue weighted by atomic mass is 10.1. The van der Waals surface area contributed by atoms with Crippen LogP contribution < -0.4 is 9.47 Å². The van der Waals surface area contributed by atoms with Crippen LogP contribution in [0.25, 0.3) is 0 Å². The maximum Gasteiger partial charge on any atom is 0.200 e. The van der Waals surface area contributed by atoms with E-state index in [1.807, 2.05) is 6.07 Å². The van der Waals surface area contributed by atoms with Crippen molar-refractivity contribution in [2.24, 2.45) is 0 Å². The molecule has 0 radical (unpaired) electrons. The number of hydrogen-bond donors (Lipinski definition) is 0. The Hall–Kier alpha value is -2.87. The van der Waals surface area contributed by atoms with Crippen LogP contribution in [0.1, 0.15) is 15.9 Å². The molecule has 5 heteroatoms. The predicted molar refractivity (Wildman–Crippen MR) is 73.9 cm³/mol. The molecule has 0 fully saturated rings. The summed E-state index contributed by atoms with van der Waals surface area (Å²) in [6.45, 7) is -0.201. The monoisotopic (exact) mass is 285 g/mol. The SMILES string of the molecule is COc1cc(C#N)ccc1OCC(=O)c1ccc(F)cc1. The van der Waals surface area contributed by atoms with E-state index in [0.29, 0.717) is 22.6 Å². The molecule has 0 amide bonds. The highest BCUT2D eigenvalue weighted by molar-refractivity contribution is 5.97. The molecule has 0 spiro atoms. The molecular weight excluding hydrogens is 273 g/mol. The number of methoxy groups -OCH3 is 1. The number of halogens is 1. The molecule has 2 aromatic rings. The first kappa shape index (κ1) is 14.5. The third-order valence-corrected chi connectivity index (χ3v) is 2.82. The van der Waals surface area contributed by atoms with Gasteiger partial charge in [0.2, 0.25) is 0 Å². The normalized spacial score (nSPS) is 9.76. The largest absolute Gasteiger partial charge is 0.493 e. The molecule has 4 nitrogen and oxygen atoms in total. The minimum atomic E-state index is -0.402. The maximum atomic E-state index is 12.8. The fourth-order valence-corrected chi connectivity index (χ4v) is 1.72. The van der Waals surface area contributed by atoms with Crippen LogP contribution in [-0.4, -0.2) is 19.5 Å². The van der Waals surface area contributed by atoms with Crippen LogP contribution in [0.5, 0.6) is 11.5 Å². The fraction of sp³-hybridized carbons (Fsp3) is 0.125. The Kier molecular flexibility index (Phi) is 4.52. The molecule has 0 bridgehead atoms. The third-order valence-electron chi connectivity index (χ3n) is 2.82. The number of carbonyl (C=O) groups excluding carboxylic acids is 1. The summed E-state index contributed by atoms with van der Waals surface area (Å²) in [7, 11) is 1.45. The lowest BCUT2D eigenvalue weighted by Gasteiger charge is -2.10. The second kappa shape index (κ2) is 6.53. The van der Waals surface area contributed by atoms with Crippen LogP contribution in [0, 0.1) is 17.1 Å². The standard InChI is InChI=1S/C16H12FNO3/c1-20-16-8-11(9-18)2-7-15(16)21-10-14(19)12-3-5-13(17)6-4-12/h2-8H,10H2,1H3. The first-order valence-corrected chi connectivity index (χ1v) is 6.13. The lowest BCUT2D eigenvalue weighted by Crippen LogP contribution is -2.12. The minimum Gasteiger partial charge on any atom is -0.493 e. The molecule has 0 aliphatic heterocycles. The Morgan fingerprint density at radius 3 is 2.52 bits per heavy atom. The van der Waals surface area contributed by atoms with Gasteiger partial charge in [-0.25, -0.2) is 4.39 Å². The molecule has 0 saturated heterocycles. The minimum absolute atomic E-state index is 0.201. The van der Waals surface area contributed by atoms with Gasteiger partial charge in [0.25, 0.3) is 0 Å². The number of carbonyl (C=O) groups is 1. The summed E-state index contributed by atoms with van der Waals surface area (Å²) in [6.07, 6.45) is 0. The van der Waals surface area contributed by atoms with Gasteiger partial charge in [0.15, 0.2) is 23.9 Å². The summed E-state index contributed by atoms with van der Waals surface area (Å²) >= 11 is 0. The van der Waals surface area contributed by atoms with Crippen molar-refractivity contribution in [3.05, 3.63) is 59.4 Å². The Bertz CT molecular complexity index is 690. The number of rotatable bonds is 5. The summed E-state index contributed by atoms with van der Waals surface area (Å²) in [6, 6.07) is 11.9. The number of ketones is 1. The van der Waals surface area contributed by atoms with Crippen LogP contribution in [0.2, 0.25) is 0 Å². The number of ether oxygens (including phenoxy) is 2. The summed E-state index contributed by atoms with van der Waals surface area (Å²) in [5.41, 5.74) is 0.799. The maximum absolute atomic E-state index is 12.8. The third kappa shape index (κ3) is 3.57. The van der Waals surface area contributed by atoms with Gasteiger partial charge in [-0.15, -0.1) is 0 Å². The molecule has 0 atom stereocenters. The summed E-state index contributed by atoms with van der Waals surface area (Å²) in [5.74, 6) is 0.0653. The van der Waals surface area contributed by atoms with E-state index in [0.717, 1.165) is 0 Å². The molecule has 0 aromatic heterocycles. The van der Waals surface area contributed by atoms with E-state index in [4.69, 9.17) is 14.7 Å². The van der Waals surface area contributed by atoms with Crippen molar-refractivity contribution in [3.63, 3.8) is 0 Å². The Labute approximate surface area is 121 Å². The Morgan fingerprint density at radius 1 is 1.19 bits per heavy atom. The van der Waals surface area contributed by atoms with Gasteiger partial charge < -0.3 is 9.47 Å². The molecule has 0 heterocycles. The number of benzene rings is 2. The predicted octanol–water partition coefficient (Wildman–Crippen LogP) is 2.97. The number of nitriles is 1. The van der Waals surface area contributed by atoms with Crippen LogP contribution in [-0.2, 0) is 0 Å². The molecule has 0 N–H and O–H groups in total. The second-order valence-electron chi connectivity index (χ2n) is 4.20. The van der Waals surface area contributed by atoms with Gasteiger partial charge in [-0.1, -0.05) is 0 Å². The second-order valence-corrected chi connectivity index (χ2v) is 4.20. The first-order chi connectivity index (χ1) is 10.1. The summed E-state index contributed by atoms with van der Waals surface area (Å²) in [5, 5.41) is 8.81. The molecule has 2 rings (SSSR count). The van der Waals surface area contributed by atoms with Crippen molar-refractivity contribution < 1.29 is 18.7 Å². The Morgan fingerprint density at radius 2 is 1.90 bits per heavy atom. The van der Waals surface area contributed by atoms with Crippen molar-refractivity contribution in [2.45, 2.75) is 0 Å². The van der Waals surface area contributed by atoms with E-state index in [2.05, 4.69) is 0 Å².